The lowest BCUT2D eigenvalue weighted by Gasteiger charge is -2.36. The van der Waals surface area contributed by atoms with Crippen molar-refractivity contribution in [2.75, 3.05) is 6.61 Å². The molecule has 0 aliphatic heterocycles. The van der Waals surface area contributed by atoms with Gasteiger partial charge in [0.1, 0.15) is 17.3 Å². The van der Waals surface area contributed by atoms with Crippen molar-refractivity contribution in [1.29, 1.82) is 0 Å². The summed E-state index contributed by atoms with van der Waals surface area (Å²) in [6, 6.07) is 6.27. The maximum absolute atomic E-state index is 12.9. The van der Waals surface area contributed by atoms with E-state index in [2.05, 4.69) is 0 Å². The maximum Gasteiger partial charge on any atom is 0.198 e. The maximum atomic E-state index is 12.9. The molecule has 3 N–H and O–H groups in total. The van der Waals surface area contributed by atoms with Crippen molar-refractivity contribution in [3.8, 4) is 11.5 Å². The molecule has 138 valence electrons. The van der Waals surface area contributed by atoms with Crippen molar-refractivity contribution in [2.45, 2.75) is 26.2 Å². The van der Waals surface area contributed by atoms with Crippen molar-refractivity contribution < 1.29 is 29.7 Å². The number of Topliss-reactive ketones (excluding diaryl/α,β-unsaturated/α-hetero) is 1. The minimum Gasteiger partial charge on any atom is -0.507 e. The Hall–Kier alpha value is -2.99. The van der Waals surface area contributed by atoms with E-state index in [0.717, 1.165) is 0 Å². The highest BCUT2D eigenvalue weighted by molar-refractivity contribution is 6.30. The summed E-state index contributed by atoms with van der Waals surface area (Å²) in [7, 11) is 0. The summed E-state index contributed by atoms with van der Waals surface area (Å²) in [5.41, 5.74) is -0.514. The highest BCUT2D eigenvalue weighted by atomic mass is 16.3. The third kappa shape index (κ3) is 2.20. The summed E-state index contributed by atoms with van der Waals surface area (Å²) in [5, 5.41) is 31.4. The van der Waals surface area contributed by atoms with Crippen LogP contribution in [0.15, 0.2) is 24.3 Å². The normalized spacial score (nSPS) is 20.7. The van der Waals surface area contributed by atoms with Gasteiger partial charge < -0.3 is 15.3 Å². The van der Waals surface area contributed by atoms with Gasteiger partial charge in [-0.3, -0.25) is 14.4 Å². The molecule has 0 fully saturated rings. The Bertz CT molecular complexity index is 1040. The van der Waals surface area contributed by atoms with Crippen molar-refractivity contribution in [3.05, 3.63) is 57.6 Å². The SMILES string of the molecule is CC(=O)[C@@]1(CO)CCc2c(O)c3c(c(O)c2C1)C(=O)c1ccccc1C3=O. The first kappa shape index (κ1) is 17.4. The standard InChI is InChI=1S/C21H18O6/c1-10(23)21(9-22)7-6-13-14(8-21)20(27)16-15(19(13)26)17(24)11-4-2-3-5-12(11)18(16)25/h2-5,22,26-27H,6-9H2,1H3/t21-/m0/s1. The molecule has 6 heteroatoms. The second-order valence-corrected chi connectivity index (χ2v) is 7.28. The average Bonchev–Trinajstić information content (AvgIpc) is 2.68. The zero-order valence-corrected chi connectivity index (χ0v) is 14.7. The van der Waals surface area contributed by atoms with Crippen molar-refractivity contribution in [2.24, 2.45) is 5.41 Å². The lowest BCUT2D eigenvalue weighted by atomic mass is 9.67. The minimum atomic E-state index is -1.06. The zero-order chi connectivity index (χ0) is 19.5. The number of hydrogen-bond donors (Lipinski definition) is 3. The number of benzene rings is 2. The molecular weight excluding hydrogens is 348 g/mol. The molecule has 27 heavy (non-hydrogen) atoms. The fourth-order valence-corrected chi connectivity index (χ4v) is 4.21. The molecule has 6 nitrogen and oxygen atoms in total. The lowest BCUT2D eigenvalue weighted by molar-refractivity contribution is -0.129. The van der Waals surface area contributed by atoms with Crippen molar-refractivity contribution in [3.63, 3.8) is 0 Å². The van der Waals surface area contributed by atoms with Crippen molar-refractivity contribution in [1.82, 2.24) is 0 Å². The number of aliphatic hydroxyl groups excluding tert-OH is 1. The van der Waals surface area contributed by atoms with Gasteiger partial charge in [-0.15, -0.1) is 0 Å². The Morgan fingerprint density at radius 2 is 1.52 bits per heavy atom. The molecule has 4 rings (SSSR count). The second kappa shape index (κ2) is 5.76. The first-order valence-electron chi connectivity index (χ1n) is 8.72. The zero-order valence-electron chi connectivity index (χ0n) is 14.7. The Labute approximate surface area is 155 Å². The highest BCUT2D eigenvalue weighted by Crippen LogP contribution is 2.48. The van der Waals surface area contributed by atoms with Gasteiger partial charge in [-0.05, 0) is 26.2 Å². The predicted octanol–water partition coefficient (Wildman–Crippen LogP) is 1.93. The number of aliphatic hydroxyl groups is 1. The Kier molecular flexibility index (Phi) is 3.71. The van der Waals surface area contributed by atoms with Crippen LogP contribution >= 0.6 is 0 Å². The summed E-state index contributed by atoms with van der Waals surface area (Å²) in [6.45, 7) is 0.982. The van der Waals surface area contributed by atoms with Gasteiger partial charge >= 0.3 is 0 Å². The molecule has 1 atom stereocenters. The summed E-state index contributed by atoms with van der Waals surface area (Å²) < 4.78 is 0. The molecular formula is C21H18O6. The molecule has 0 heterocycles. The van der Waals surface area contributed by atoms with Gasteiger partial charge in [0.2, 0.25) is 0 Å². The number of aromatic hydroxyl groups is 2. The van der Waals surface area contributed by atoms with E-state index in [1.54, 1.807) is 12.1 Å². The summed E-state index contributed by atoms with van der Waals surface area (Å²) in [6.07, 6.45) is 0.506. The molecule has 0 bridgehead atoms. The number of phenols is 2. The van der Waals surface area contributed by atoms with E-state index in [9.17, 15) is 29.7 Å². The van der Waals surface area contributed by atoms with E-state index >= 15 is 0 Å². The molecule has 0 amide bonds. The Morgan fingerprint density at radius 3 is 2.00 bits per heavy atom. The fraction of sp³-hybridized carbons (Fsp3) is 0.286. The van der Waals surface area contributed by atoms with Crippen LogP contribution in [0.25, 0.3) is 0 Å². The van der Waals surface area contributed by atoms with E-state index < -0.39 is 23.6 Å². The van der Waals surface area contributed by atoms with Gasteiger partial charge in [-0.2, -0.15) is 0 Å². The number of carbonyl (C=O) groups is 3. The molecule has 2 aliphatic rings. The number of ketones is 3. The smallest absolute Gasteiger partial charge is 0.198 e. The quantitative estimate of drug-likeness (QED) is 0.598. The number of phenolic OH excluding ortho intramolecular Hbond substituents is 2. The predicted molar refractivity (Wildman–Crippen MR) is 95.3 cm³/mol. The van der Waals surface area contributed by atoms with Gasteiger partial charge in [-0.25, -0.2) is 0 Å². The monoisotopic (exact) mass is 366 g/mol. The van der Waals surface area contributed by atoms with Crippen LogP contribution in [0, 0.1) is 5.41 Å². The van der Waals surface area contributed by atoms with Crippen LogP contribution in [-0.2, 0) is 17.6 Å². The second-order valence-electron chi connectivity index (χ2n) is 7.28. The largest absolute Gasteiger partial charge is 0.507 e. The molecule has 2 aromatic rings. The van der Waals surface area contributed by atoms with Gasteiger partial charge in [0.25, 0.3) is 0 Å². The lowest BCUT2D eigenvalue weighted by Crippen LogP contribution is -2.39. The third-order valence-corrected chi connectivity index (χ3v) is 5.95. The van der Waals surface area contributed by atoms with Crippen LogP contribution in [0.4, 0.5) is 0 Å². The van der Waals surface area contributed by atoms with Crippen LogP contribution in [0.2, 0.25) is 0 Å². The van der Waals surface area contributed by atoms with E-state index in [-0.39, 0.29) is 64.4 Å². The van der Waals surface area contributed by atoms with E-state index in [1.807, 2.05) is 0 Å². The van der Waals surface area contributed by atoms with Crippen LogP contribution < -0.4 is 0 Å². The van der Waals surface area contributed by atoms with E-state index in [1.165, 1.54) is 19.1 Å². The molecule has 0 saturated carbocycles. The molecule has 0 unspecified atom stereocenters. The van der Waals surface area contributed by atoms with Gasteiger partial charge in [0.05, 0.1) is 23.1 Å². The molecule has 0 spiro atoms. The van der Waals surface area contributed by atoms with Crippen LogP contribution in [0.3, 0.4) is 0 Å². The van der Waals surface area contributed by atoms with Crippen LogP contribution in [0.5, 0.6) is 11.5 Å². The van der Waals surface area contributed by atoms with Gasteiger partial charge in [0.15, 0.2) is 11.6 Å². The van der Waals surface area contributed by atoms with E-state index in [4.69, 9.17) is 0 Å². The summed E-state index contributed by atoms with van der Waals surface area (Å²) in [5.74, 6) is -1.98. The highest BCUT2D eigenvalue weighted by Gasteiger charge is 2.44. The minimum absolute atomic E-state index is 0.00393. The van der Waals surface area contributed by atoms with Gasteiger partial charge in [-0.1, -0.05) is 24.3 Å². The number of hydrogen-bond acceptors (Lipinski definition) is 6. The fourth-order valence-electron chi connectivity index (χ4n) is 4.21. The Morgan fingerprint density at radius 1 is 1.00 bits per heavy atom. The number of fused-ring (bicyclic) bond motifs is 3. The molecule has 0 saturated heterocycles. The molecule has 2 aliphatic carbocycles. The van der Waals surface area contributed by atoms with Gasteiger partial charge in [0, 0.05) is 22.3 Å². The van der Waals surface area contributed by atoms with E-state index in [0.29, 0.717) is 5.56 Å². The topological polar surface area (TPSA) is 112 Å². The summed E-state index contributed by atoms with van der Waals surface area (Å²) in [4.78, 5) is 37.9. The van der Waals surface area contributed by atoms with Crippen LogP contribution in [-0.4, -0.2) is 39.3 Å². The molecule has 2 aromatic carbocycles. The average molecular weight is 366 g/mol. The molecule has 0 radical (unpaired) electrons. The summed E-state index contributed by atoms with van der Waals surface area (Å²) >= 11 is 0. The third-order valence-electron chi connectivity index (χ3n) is 5.95. The Balaban J connectivity index is 1.99. The first-order chi connectivity index (χ1) is 12.8. The van der Waals surface area contributed by atoms with Crippen LogP contribution in [0.1, 0.15) is 56.3 Å². The number of rotatable bonds is 2. The number of carbonyl (C=O) groups excluding carboxylic acids is 3. The molecule has 0 aromatic heterocycles. The van der Waals surface area contributed by atoms with Crippen molar-refractivity contribution >= 4 is 17.3 Å². The first-order valence-corrected chi connectivity index (χ1v) is 8.72.